The van der Waals surface area contributed by atoms with Gasteiger partial charge < -0.3 is 11.1 Å². The fourth-order valence-corrected chi connectivity index (χ4v) is 2.67. The van der Waals surface area contributed by atoms with Crippen LogP contribution in [0.2, 0.25) is 5.15 Å². The lowest BCUT2D eigenvalue weighted by Crippen LogP contribution is -2.10. The molecule has 0 aromatic carbocycles. The first-order chi connectivity index (χ1) is 12.0. The molecule has 0 unspecified atom stereocenters. The van der Waals surface area contributed by atoms with Crippen LogP contribution >= 0.6 is 11.6 Å². The second-order valence-electron chi connectivity index (χ2n) is 5.52. The van der Waals surface area contributed by atoms with Crippen molar-refractivity contribution in [1.29, 1.82) is 0 Å². The summed E-state index contributed by atoms with van der Waals surface area (Å²) < 4.78 is 1.49. The van der Waals surface area contributed by atoms with Crippen LogP contribution in [0.5, 0.6) is 0 Å². The van der Waals surface area contributed by atoms with Gasteiger partial charge in [0.05, 0.1) is 17.9 Å². The fourth-order valence-electron chi connectivity index (χ4n) is 2.46. The number of hydrogen-bond acceptors (Lipinski definition) is 6. The molecule has 0 bridgehead atoms. The number of hydrogen-bond donors (Lipinski definition) is 2. The van der Waals surface area contributed by atoms with Gasteiger partial charge in [-0.05, 0) is 29.8 Å². The normalized spacial score (nSPS) is 10.6. The molecular formula is C17H17ClN6O. The van der Waals surface area contributed by atoms with E-state index in [1.807, 2.05) is 18.2 Å². The number of carbonyl (C=O) groups is 1. The smallest absolute Gasteiger partial charge is 0.185 e. The Morgan fingerprint density at radius 2 is 2.12 bits per heavy atom. The zero-order valence-electron chi connectivity index (χ0n) is 13.6. The van der Waals surface area contributed by atoms with Crippen molar-refractivity contribution in [3.8, 4) is 0 Å². The topological polar surface area (TPSA) is 98.7 Å². The van der Waals surface area contributed by atoms with Gasteiger partial charge in [0, 0.05) is 31.9 Å². The molecule has 8 heteroatoms. The number of carbonyl (C=O) groups excluding carboxylic acids is 1. The molecule has 3 aromatic rings. The van der Waals surface area contributed by atoms with Crippen molar-refractivity contribution in [1.82, 2.24) is 19.7 Å². The van der Waals surface area contributed by atoms with Crippen LogP contribution in [0.4, 0.5) is 11.5 Å². The highest BCUT2D eigenvalue weighted by atomic mass is 35.5. The van der Waals surface area contributed by atoms with E-state index in [4.69, 9.17) is 17.3 Å². The van der Waals surface area contributed by atoms with Gasteiger partial charge in [0.2, 0.25) is 0 Å². The van der Waals surface area contributed by atoms with E-state index in [-0.39, 0.29) is 12.2 Å². The van der Waals surface area contributed by atoms with Crippen molar-refractivity contribution in [2.45, 2.75) is 13.0 Å². The lowest BCUT2D eigenvalue weighted by Gasteiger charge is -2.09. The molecule has 0 aliphatic rings. The van der Waals surface area contributed by atoms with Crippen LogP contribution in [0.1, 0.15) is 21.7 Å². The monoisotopic (exact) mass is 356 g/mol. The lowest BCUT2D eigenvalue weighted by atomic mass is 10.1. The largest absolute Gasteiger partial charge is 0.382 e. The molecule has 128 valence electrons. The van der Waals surface area contributed by atoms with Crippen molar-refractivity contribution in [2.24, 2.45) is 7.05 Å². The maximum absolute atomic E-state index is 12.4. The average Bonchev–Trinajstić information content (AvgIpc) is 2.93. The number of pyridine rings is 2. The molecule has 7 nitrogen and oxygen atoms in total. The second kappa shape index (κ2) is 7.31. The summed E-state index contributed by atoms with van der Waals surface area (Å²) in [6, 6.07) is 8.92. The Labute approximate surface area is 149 Å². The van der Waals surface area contributed by atoms with E-state index in [9.17, 15) is 4.79 Å². The fraction of sp³-hybridized carbons (Fsp3) is 0.176. The third-order valence-electron chi connectivity index (χ3n) is 3.68. The van der Waals surface area contributed by atoms with Crippen molar-refractivity contribution >= 4 is 28.9 Å². The summed E-state index contributed by atoms with van der Waals surface area (Å²) in [5, 5.41) is 7.48. The Morgan fingerprint density at radius 3 is 2.84 bits per heavy atom. The summed E-state index contributed by atoms with van der Waals surface area (Å²) >= 11 is 5.83. The van der Waals surface area contributed by atoms with Gasteiger partial charge in [0.25, 0.3) is 0 Å². The molecule has 3 N–H and O–H groups in total. The minimum Gasteiger partial charge on any atom is -0.382 e. The van der Waals surface area contributed by atoms with E-state index in [1.54, 1.807) is 31.6 Å². The van der Waals surface area contributed by atoms with Crippen LogP contribution in [-0.4, -0.2) is 25.5 Å². The summed E-state index contributed by atoms with van der Waals surface area (Å²) in [7, 11) is 1.69. The number of nitrogen functional groups attached to an aromatic ring is 1. The number of halogens is 1. The Balaban J connectivity index is 1.68. The number of Topliss-reactive ketones (excluding diaryl/α,β-unsaturated/α-hetero) is 1. The average molecular weight is 357 g/mol. The van der Waals surface area contributed by atoms with Gasteiger partial charge in [-0.1, -0.05) is 11.6 Å². The standard InChI is InChI=1S/C17H17ClN6O/c1-24-14(9-16(18)23-24)15(25)8-11-4-6-20-12(7-11)10-22-13-3-2-5-21-17(13)19/h2-7,9,22H,8,10H2,1H3,(H2,19,21). The molecule has 0 aliphatic heterocycles. The highest BCUT2D eigenvalue weighted by molar-refractivity contribution is 6.29. The summed E-state index contributed by atoms with van der Waals surface area (Å²) in [5.74, 6) is 0.380. The minimum atomic E-state index is -0.0523. The Kier molecular flexibility index (Phi) is 4.95. The predicted molar refractivity (Wildman–Crippen MR) is 96.5 cm³/mol. The Hall–Kier alpha value is -2.93. The van der Waals surface area contributed by atoms with Gasteiger partial charge >= 0.3 is 0 Å². The number of aromatic nitrogens is 4. The van der Waals surface area contributed by atoms with E-state index in [1.165, 1.54) is 4.68 Å². The minimum absolute atomic E-state index is 0.0523. The van der Waals surface area contributed by atoms with Crippen LogP contribution in [0.25, 0.3) is 0 Å². The zero-order chi connectivity index (χ0) is 17.8. The molecule has 25 heavy (non-hydrogen) atoms. The molecule has 3 heterocycles. The summed E-state index contributed by atoms with van der Waals surface area (Å²) in [4.78, 5) is 20.7. The third kappa shape index (κ3) is 4.13. The van der Waals surface area contributed by atoms with Crippen molar-refractivity contribution in [3.05, 3.63) is 64.8 Å². The second-order valence-corrected chi connectivity index (χ2v) is 5.91. The molecule has 0 radical (unpaired) electrons. The van der Waals surface area contributed by atoms with Crippen LogP contribution in [0, 0.1) is 0 Å². The van der Waals surface area contributed by atoms with E-state index in [2.05, 4.69) is 20.4 Å². The number of nitrogens with zero attached hydrogens (tertiary/aromatic N) is 4. The zero-order valence-corrected chi connectivity index (χ0v) is 14.4. The van der Waals surface area contributed by atoms with Gasteiger partial charge in [-0.15, -0.1) is 0 Å². The highest BCUT2D eigenvalue weighted by Gasteiger charge is 2.13. The number of aryl methyl sites for hydroxylation is 1. The Bertz CT molecular complexity index is 908. The predicted octanol–water partition coefficient (Wildman–Crippen LogP) is 2.48. The molecule has 0 aliphatic carbocycles. The molecule has 0 spiro atoms. The van der Waals surface area contributed by atoms with E-state index in [0.29, 0.717) is 23.2 Å². The third-order valence-corrected chi connectivity index (χ3v) is 3.86. The first-order valence-corrected chi connectivity index (χ1v) is 8.01. The van der Waals surface area contributed by atoms with Crippen LogP contribution < -0.4 is 11.1 Å². The first-order valence-electron chi connectivity index (χ1n) is 7.64. The number of rotatable bonds is 6. The van der Waals surface area contributed by atoms with E-state index < -0.39 is 0 Å². The molecule has 0 saturated heterocycles. The maximum Gasteiger partial charge on any atom is 0.185 e. The molecule has 3 aromatic heterocycles. The number of nitrogens with two attached hydrogens (primary N) is 1. The molecule has 0 saturated carbocycles. The molecule has 3 rings (SSSR count). The van der Waals surface area contributed by atoms with Gasteiger partial charge in [0.15, 0.2) is 10.9 Å². The van der Waals surface area contributed by atoms with Gasteiger partial charge in [-0.2, -0.15) is 5.10 Å². The van der Waals surface area contributed by atoms with Crippen molar-refractivity contribution in [2.75, 3.05) is 11.1 Å². The number of ketones is 1. The van der Waals surface area contributed by atoms with Crippen LogP contribution in [0.15, 0.2) is 42.7 Å². The quantitative estimate of drug-likeness (QED) is 0.658. The molecule has 0 fully saturated rings. The van der Waals surface area contributed by atoms with E-state index in [0.717, 1.165) is 16.9 Å². The van der Waals surface area contributed by atoms with Crippen LogP contribution in [0.3, 0.4) is 0 Å². The number of anilines is 2. The SMILES string of the molecule is Cn1nc(Cl)cc1C(=O)Cc1ccnc(CNc2cccnc2N)c1. The van der Waals surface area contributed by atoms with Gasteiger partial charge in [-0.25, -0.2) is 4.98 Å². The molecule has 0 amide bonds. The maximum atomic E-state index is 12.4. The molecular weight excluding hydrogens is 340 g/mol. The summed E-state index contributed by atoms with van der Waals surface area (Å²) in [6.45, 7) is 0.482. The Morgan fingerprint density at radius 1 is 1.28 bits per heavy atom. The molecule has 0 atom stereocenters. The van der Waals surface area contributed by atoms with Crippen molar-refractivity contribution < 1.29 is 4.79 Å². The summed E-state index contributed by atoms with van der Waals surface area (Å²) in [6.07, 6.45) is 3.57. The van der Waals surface area contributed by atoms with Gasteiger partial charge in [-0.3, -0.25) is 14.5 Å². The summed E-state index contributed by atoms with van der Waals surface area (Å²) in [5.41, 5.74) is 8.70. The van der Waals surface area contributed by atoms with Crippen molar-refractivity contribution in [3.63, 3.8) is 0 Å². The van der Waals surface area contributed by atoms with Gasteiger partial charge in [0.1, 0.15) is 11.5 Å². The van der Waals surface area contributed by atoms with Crippen LogP contribution in [-0.2, 0) is 20.0 Å². The number of nitrogens with one attached hydrogen (secondary N) is 1. The van der Waals surface area contributed by atoms with E-state index >= 15 is 0 Å². The first kappa shape index (κ1) is 16.9. The lowest BCUT2D eigenvalue weighted by molar-refractivity contribution is 0.0984. The highest BCUT2D eigenvalue weighted by Crippen LogP contribution is 2.16.